The molecule has 1 fully saturated rings. The number of aliphatic hydroxyl groups excluding tert-OH is 1. The summed E-state index contributed by atoms with van der Waals surface area (Å²) in [6, 6.07) is 0.672. The van der Waals surface area contributed by atoms with Crippen LogP contribution in [0.1, 0.15) is 59.3 Å². The van der Waals surface area contributed by atoms with Gasteiger partial charge in [0.15, 0.2) is 0 Å². The van der Waals surface area contributed by atoms with Crippen LogP contribution in [0.15, 0.2) is 0 Å². The van der Waals surface area contributed by atoms with Gasteiger partial charge in [0.05, 0.1) is 0 Å². The Balaban J connectivity index is 2.46. The van der Waals surface area contributed by atoms with E-state index in [9.17, 15) is 0 Å². The summed E-state index contributed by atoms with van der Waals surface area (Å²) in [5.74, 6) is 0.844. The number of nitrogens with one attached hydrogen (secondary N) is 1. The third kappa shape index (κ3) is 4.12. The molecule has 0 aromatic carbocycles. The first-order valence-electron chi connectivity index (χ1n) is 6.47. The maximum atomic E-state index is 9.01. The van der Waals surface area contributed by atoms with Gasteiger partial charge >= 0.3 is 0 Å². The van der Waals surface area contributed by atoms with E-state index < -0.39 is 0 Å². The van der Waals surface area contributed by atoms with E-state index in [0.29, 0.717) is 6.04 Å². The molecular formula is C13H27NO. The summed E-state index contributed by atoms with van der Waals surface area (Å²) >= 11 is 0. The lowest BCUT2D eigenvalue weighted by atomic mass is 9.81. The van der Waals surface area contributed by atoms with Crippen molar-refractivity contribution in [3.05, 3.63) is 0 Å². The van der Waals surface area contributed by atoms with Crippen molar-refractivity contribution in [1.82, 2.24) is 5.32 Å². The number of hydrogen-bond acceptors (Lipinski definition) is 2. The predicted molar refractivity (Wildman–Crippen MR) is 65.0 cm³/mol. The standard InChI is InChI=1S/C13H27NO/c1-4-11-7-5-6-8-12(11)14-13(2,3)9-10-15/h11-12,14-15H,4-10H2,1-3H3. The van der Waals surface area contributed by atoms with Crippen LogP contribution in [0.25, 0.3) is 0 Å². The first-order chi connectivity index (χ1) is 7.09. The summed E-state index contributed by atoms with van der Waals surface area (Å²) in [5.41, 5.74) is 0.0875. The van der Waals surface area contributed by atoms with Crippen molar-refractivity contribution in [2.45, 2.75) is 70.9 Å². The number of rotatable bonds is 5. The first-order valence-corrected chi connectivity index (χ1v) is 6.47. The van der Waals surface area contributed by atoms with E-state index in [1.165, 1.54) is 32.1 Å². The summed E-state index contributed by atoms with van der Waals surface area (Å²) in [4.78, 5) is 0. The lowest BCUT2D eigenvalue weighted by Crippen LogP contribution is -2.50. The van der Waals surface area contributed by atoms with Gasteiger partial charge in [-0.05, 0) is 39.0 Å². The van der Waals surface area contributed by atoms with Crippen molar-refractivity contribution in [3.63, 3.8) is 0 Å². The van der Waals surface area contributed by atoms with Crippen molar-refractivity contribution < 1.29 is 5.11 Å². The van der Waals surface area contributed by atoms with Crippen LogP contribution in [-0.4, -0.2) is 23.3 Å². The number of aliphatic hydroxyl groups is 1. The molecule has 1 aliphatic rings. The van der Waals surface area contributed by atoms with Gasteiger partial charge in [-0.2, -0.15) is 0 Å². The molecule has 1 rings (SSSR count). The molecule has 2 atom stereocenters. The van der Waals surface area contributed by atoms with Crippen LogP contribution < -0.4 is 5.32 Å². The largest absolute Gasteiger partial charge is 0.396 e. The van der Waals surface area contributed by atoms with Crippen LogP contribution in [0.5, 0.6) is 0 Å². The summed E-state index contributed by atoms with van der Waals surface area (Å²) in [5, 5.41) is 12.8. The Bertz CT molecular complexity index is 179. The second-order valence-corrected chi connectivity index (χ2v) is 5.56. The van der Waals surface area contributed by atoms with Crippen LogP contribution in [0.2, 0.25) is 0 Å². The van der Waals surface area contributed by atoms with Crippen LogP contribution in [0.4, 0.5) is 0 Å². The molecule has 0 amide bonds. The van der Waals surface area contributed by atoms with Gasteiger partial charge in [-0.25, -0.2) is 0 Å². The van der Waals surface area contributed by atoms with E-state index in [1.54, 1.807) is 0 Å². The minimum atomic E-state index is 0.0875. The lowest BCUT2D eigenvalue weighted by Gasteiger charge is -2.38. The highest BCUT2D eigenvalue weighted by molar-refractivity contribution is 4.87. The van der Waals surface area contributed by atoms with Crippen LogP contribution in [0.3, 0.4) is 0 Å². The van der Waals surface area contributed by atoms with Gasteiger partial charge in [-0.3, -0.25) is 0 Å². The Hall–Kier alpha value is -0.0800. The number of hydrogen-bond donors (Lipinski definition) is 2. The first kappa shape index (κ1) is 13.0. The maximum absolute atomic E-state index is 9.01. The van der Waals surface area contributed by atoms with Gasteiger partial charge in [0.1, 0.15) is 0 Å². The van der Waals surface area contributed by atoms with Crippen molar-refractivity contribution in [2.24, 2.45) is 5.92 Å². The molecule has 2 nitrogen and oxygen atoms in total. The van der Waals surface area contributed by atoms with Gasteiger partial charge in [-0.1, -0.05) is 26.2 Å². The van der Waals surface area contributed by atoms with E-state index in [-0.39, 0.29) is 12.1 Å². The fourth-order valence-corrected chi connectivity index (χ4v) is 2.74. The van der Waals surface area contributed by atoms with Gasteiger partial charge < -0.3 is 10.4 Å². The molecular weight excluding hydrogens is 186 g/mol. The van der Waals surface area contributed by atoms with Crippen molar-refractivity contribution in [2.75, 3.05) is 6.61 Å². The van der Waals surface area contributed by atoms with Crippen LogP contribution >= 0.6 is 0 Å². The Kier molecular flexibility index (Phi) is 5.07. The zero-order valence-corrected chi connectivity index (χ0v) is 10.6. The molecule has 0 aliphatic heterocycles. The van der Waals surface area contributed by atoms with E-state index in [2.05, 4.69) is 26.1 Å². The fourth-order valence-electron chi connectivity index (χ4n) is 2.74. The summed E-state index contributed by atoms with van der Waals surface area (Å²) in [7, 11) is 0. The highest BCUT2D eigenvalue weighted by atomic mass is 16.3. The highest BCUT2D eigenvalue weighted by Crippen LogP contribution is 2.28. The monoisotopic (exact) mass is 213 g/mol. The van der Waals surface area contributed by atoms with Gasteiger partial charge in [0, 0.05) is 18.2 Å². The van der Waals surface area contributed by atoms with Gasteiger partial charge in [0.2, 0.25) is 0 Å². The molecule has 15 heavy (non-hydrogen) atoms. The van der Waals surface area contributed by atoms with E-state index >= 15 is 0 Å². The van der Waals surface area contributed by atoms with Crippen molar-refractivity contribution in [3.8, 4) is 0 Å². The van der Waals surface area contributed by atoms with Gasteiger partial charge in [0.25, 0.3) is 0 Å². The zero-order chi connectivity index (χ0) is 11.3. The summed E-state index contributed by atoms with van der Waals surface area (Å²) in [6.45, 7) is 6.97. The Labute approximate surface area is 94.5 Å². The highest BCUT2D eigenvalue weighted by Gasteiger charge is 2.28. The molecule has 0 bridgehead atoms. The Morgan fingerprint density at radius 1 is 1.27 bits per heavy atom. The quantitative estimate of drug-likeness (QED) is 0.736. The molecule has 0 saturated heterocycles. The van der Waals surface area contributed by atoms with Crippen LogP contribution in [-0.2, 0) is 0 Å². The molecule has 2 N–H and O–H groups in total. The second-order valence-electron chi connectivity index (χ2n) is 5.56. The Morgan fingerprint density at radius 3 is 2.53 bits per heavy atom. The minimum absolute atomic E-state index is 0.0875. The van der Waals surface area contributed by atoms with Crippen molar-refractivity contribution >= 4 is 0 Å². The normalized spacial score (nSPS) is 28.0. The molecule has 0 aromatic heterocycles. The average Bonchev–Trinajstić information content (AvgIpc) is 2.17. The third-order valence-corrected chi connectivity index (χ3v) is 3.75. The molecule has 2 heteroatoms. The average molecular weight is 213 g/mol. The topological polar surface area (TPSA) is 32.3 Å². The predicted octanol–water partition coefficient (Wildman–Crippen LogP) is 2.71. The van der Waals surface area contributed by atoms with E-state index in [4.69, 9.17) is 5.11 Å². The second kappa shape index (κ2) is 5.86. The molecule has 1 aliphatic carbocycles. The molecule has 0 heterocycles. The van der Waals surface area contributed by atoms with Crippen LogP contribution in [0, 0.1) is 5.92 Å². The zero-order valence-electron chi connectivity index (χ0n) is 10.6. The molecule has 0 spiro atoms. The third-order valence-electron chi connectivity index (χ3n) is 3.75. The van der Waals surface area contributed by atoms with E-state index in [0.717, 1.165) is 12.3 Å². The smallest absolute Gasteiger partial charge is 0.0448 e. The molecule has 1 saturated carbocycles. The van der Waals surface area contributed by atoms with E-state index in [1.807, 2.05) is 0 Å². The van der Waals surface area contributed by atoms with Gasteiger partial charge in [-0.15, -0.1) is 0 Å². The van der Waals surface area contributed by atoms with Crippen molar-refractivity contribution in [1.29, 1.82) is 0 Å². The minimum Gasteiger partial charge on any atom is -0.396 e. The fraction of sp³-hybridized carbons (Fsp3) is 1.00. The molecule has 2 unspecified atom stereocenters. The molecule has 0 aromatic rings. The lowest BCUT2D eigenvalue weighted by molar-refractivity contribution is 0.173. The molecule has 90 valence electrons. The molecule has 0 radical (unpaired) electrons. The Morgan fingerprint density at radius 2 is 1.93 bits per heavy atom. The summed E-state index contributed by atoms with van der Waals surface area (Å²) < 4.78 is 0. The SMILES string of the molecule is CCC1CCCCC1NC(C)(C)CCO. The maximum Gasteiger partial charge on any atom is 0.0448 e. The summed E-state index contributed by atoms with van der Waals surface area (Å²) in [6.07, 6.45) is 7.59.